The molecule has 0 radical (unpaired) electrons. The van der Waals surface area contributed by atoms with Crippen LogP contribution in [0.1, 0.15) is 19.4 Å². The number of rotatable bonds is 1. The highest BCUT2D eigenvalue weighted by molar-refractivity contribution is 5.56. The smallest absolute Gasteiger partial charge is 0.137 e. The van der Waals surface area contributed by atoms with Crippen molar-refractivity contribution < 1.29 is 0 Å². The number of nitrogens with two attached hydrogens (primary N) is 1. The van der Waals surface area contributed by atoms with Gasteiger partial charge in [0.25, 0.3) is 0 Å². The average molecular weight is 235 g/mol. The lowest BCUT2D eigenvalue weighted by molar-refractivity contribution is 0.169. The molecular formula is C12H21N5. The molecule has 1 fully saturated rings. The van der Waals surface area contributed by atoms with Crippen LogP contribution >= 0.6 is 0 Å². The van der Waals surface area contributed by atoms with Crippen LogP contribution in [0.15, 0.2) is 6.33 Å². The molecule has 2 N–H and O–H groups in total. The fraction of sp³-hybridized carbons (Fsp3) is 0.667. The summed E-state index contributed by atoms with van der Waals surface area (Å²) in [4.78, 5) is 13.1. The van der Waals surface area contributed by atoms with Crippen molar-refractivity contribution >= 4 is 11.6 Å². The maximum absolute atomic E-state index is 5.84. The van der Waals surface area contributed by atoms with Crippen molar-refractivity contribution in [3.63, 3.8) is 0 Å². The number of nitrogen functional groups attached to an aromatic ring is 1. The molecule has 1 aromatic heterocycles. The molecule has 0 amide bonds. The zero-order valence-corrected chi connectivity index (χ0v) is 11.0. The Balaban J connectivity index is 2.26. The largest absolute Gasteiger partial charge is 0.383 e. The molecule has 17 heavy (non-hydrogen) atoms. The molecule has 0 aromatic carbocycles. The van der Waals surface area contributed by atoms with Gasteiger partial charge in [-0.05, 0) is 27.8 Å². The summed E-state index contributed by atoms with van der Waals surface area (Å²) in [5, 5.41) is 0. The van der Waals surface area contributed by atoms with E-state index in [1.165, 1.54) is 0 Å². The fourth-order valence-electron chi connectivity index (χ4n) is 2.35. The van der Waals surface area contributed by atoms with Gasteiger partial charge in [-0.25, -0.2) is 9.97 Å². The molecule has 2 heterocycles. The molecule has 0 saturated carbocycles. The molecule has 1 saturated heterocycles. The van der Waals surface area contributed by atoms with Crippen LogP contribution in [0.3, 0.4) is 0 Å². The maximum atomic E-state index is 5.84. The van der Waals surface area contributed by atoms with Crippen molar-refractivity contribution in [3.05, 3.63) is 11.9 Å². The number of hydrogen-bond donors (Lipinski definition) is 1. The molecule has 2 unspecified atom stereocenters. The highest BCUT2D eigenvalue weighted by atomic mass is 15.3. The summed E-state index contributed by atoms with van der Waals surface area (Å²) in [5.74, 6) is 1.55. The quantitative estimate of drug-likeness (QED) is 0.783. The fourth-order valence-corrected chi connectivity index (χ4v) is 2.35. The Morgan fingerprint density at radius 1 is 1.24 bits per heavy atom. The first kappa shape index (κ1) is 12.1. The van der Waals surface area contributed by atoms with Gasteiger partial charge in [-0.1, -0.05) is 0 Å². The van der Waals surface area contributed by atoms with E-state index in [0.29, 0.717) is 17.9 Å². The first-order valence-corrected chi connectivity index (χ1v) is 6.04. The van der Waals surface area contributed by atoms with Gasteiger partial charge >= 0.3 is 0 Å². The first-order valence-electron chi connectivity index (χ1n) is 6.04. The lowest BCUT2D eigenvalue weighted by Crippen LogP contribution is -2.55. The standard InChI is InChI=1S/C12H21N5/c1-8-5-17(6-9(2)16(8)4)12-10(3)11(13)14-7-15-12/h7-9H,5-6H2,1-4H3,(H2,13,14,15). The van der Waals surface area contributed by atoms with Gasteiger partial charge in [-0.2, -0.15) is 0 Å². The van der Waals surface area contributed by atoms with Crippen LogP contribution in [0, 0.1) is 6.92 Å². The van der Waals surface area contributed by atoms with Crippen molar-refractivity contribution in [3.8, 4) is 0 Å². The Morgan fingerprint density at radius 2 is 1.82 bits per heavy atom. The van der Waals surface area contributed by atoms with E-state index in [0.717, 1.165) is 24.5 Å². The second kappa shape index (κ2) is 4.49. The summed E-state index contributed by atoms with van der Waals surface area (Å²) in [5.41, 5.74) is 6.82. The van der Waals surface area contributed by atoms with E-state index in [1.807, 2.05) is 6.92 Å². The van der Waals surface area contributed by atoms with Crippen LogP contribution in [0.2, 0.25) is 0 Å². The van der Waals surface area contributed by atoms with E-state index in [-0.39, 0.29) is 0 Å². The normalized spacial score (nSPS) is 26.2. The summed E-state index contributed by atoms with van der Waals surface area (Å²) in [6, 6.07) is 1.05. The van der Waals surface area contributed by atoms with Crippen LogP contribution in [0.25, 0.3) is 0 Å². The van der Waals surface area contributed by atoms with Crippen LogP contribution in [-0.2, 0) is 0 Å². The molecule has 5 heteroatoms. The van der Waals surface area contributed by atoms with Crippen molar-refractivity contribution in [1.29, 1.82) is 0 Å². The second-order valence-corrected chi connectivity index (χ2v) is 4.98. The van der Waals surface area contributed by atoms with Crippen molar-refractivity contribution in [2.75, 3.05) is 30.8 Å². The van der Waals surface area contributed by atoms with E-state index >= 15 is 0 Å². The molecule has 0 aliphatic carbocycles. The van der Waals surface area contributed by atoms with E-state index in [2.05, 4.69) is 40.7 Å². The predicted octanol–water partition coefficient (Wildman–Crippen LogP) is 0.896. The van der Waals surface area contributed by atoms with Gasteiger partial charge < -0.3 is 10.6 Å². The Bertz CT molecular complexity index is 394. The van der Waals surface area contributed by atoms with Gasteiger partial charge in [-0.3, -0.25) is 4.90 Å². The monoisotopic (exact) mass is 235 g/mol. The highest BCUT2D eigenvalue weighted by Crippen LogP contribution is 2.24. The summed E-state index contributed by atoms with van der Waals surface area (Å²) >= 11 is 0. The molecule has 1 aromatic rings. The van der Waals surface area contributed by atoms with Gasteiger partial charge in [0.15, 0.2) is 0 Å². The number of hydrogen-bond acceptors (Lipinski definition) is 5. The van der Waals surface area contributed by atoms with E-state index in [1.54, 1.807) is 6.33 Å². The van der Waals surface area contributed by atoms with Gasteiger partial charge in [0, 0.05) is 30.7 Å². The van der Waals surface area contributed by atoms with Crippen molar-refractivity contribution in [2.45, 2.75) is 32.9 Å². The molecule has 5 nitrogen and oxygen atoms in total. The van der Waals surface area contributed by atoms with Gasteiger partial charge in [0.1, 0.15) is 18.0 Å². The lowest BCUT2D eigenvalue weighted by Gasteiger charge is -2.43. The number of nitrogens with zero attached hydrogens (tertiary/aromatic N) is 4. The summed E-state index contributed by atoms with van der Waals surface area (Å²) in [7, 11) is 2.17. The van der Waals surface area contributed by atoms with E-state index in [4.69, 9.17) is 5.73 Å². The van der Waals surface area contributed by atoms with Crippen molar-refractivity contribution in [1.82, 2.24) is 14.9 Å². The minimum Gasteiger partial charge on any atom is -0.383 e. The number of anilines is 2. The minimum atomic E-state index is 0.523. The Labute approximate surface area is 103 Å². The molecule has 2 atom stereocenters. The zero-order chi connectivity index (χ0) is 12.6. The molecule has 0 spiro atoms. The Morgan fingerprint density at radius 3 is 2.41 bits per heavy atom. The first-order chi connectivity index (χ1) is 8.00. The number of aromatic nitrogens is 2. The van der Waals surface area contributed by atoms with Gasteiger partial charge in [-0.15, -0.1) is 0 Å². The third kappa shape index (κ3) is 2.20. The SMILES string of the molecule is Cc1c(N)ncnc1N1CC(C)N(C)C(C)C1. The molecule has 0 bridgehead atoms. The van der Waals surface area contributed by atoms with Crippen LogP contribution < -0.4 is 10.6 Å². The van der Waals surface area contributed by atoms with Crippen molar-refractivity contribution in [2.24, 2.45) is 0 Å². The molecule has 1 aliphatic heterocycles. The third-order valence-corrected chi connectivity index (χ3v) is 3.76. The summed E-state index contributed by atoms with van der Waals surface area (Å²) in [6.07, 6.45) is 1.55. The van der Waals surface area contributed by atoms with Gasteiger partial charge in [0.05, 0.1) is 0 Å². The average Bonchev–Trinajstić information content (AvgIpc) is 2.29. The Hall–Kier alpha value is -1.36. The van der Waals surface area contributed by atoms with Gasteiger partial charge in [0.2, 0.25) is 0 Å². The highest BCUT2D eigenvalue weighted by Gasteiger charge is 2.28. The number of likely N-dealkylation sites (N-methyl/N-ethyl adjacent to an activating group) is 1. The topological polar surface area (TPSA) is 58.3 Å². The molecular weight excluding hydrogens is 214 g/mol. The molecule has 1 aliphatic rings. The van der Waals surface area contributed by atoms with E-state index < -0.39 is 0 Å². The molecule has 94 valence electrons. The van der Waals surface area contributed by atoms with E-state index in [9.17, 15) is 0 Å². The predicted molar refractivity (Wildman–Crippen MR) is 70.1 cm³/mol. The minimum absolute atomic E-state index is 0.523. The van der Waals surface area contributed by atoms with Crippen LogP contribution in [-0.4, -0.2) is 47.1 Å². The second-order valence-electron chi connectivity index (χ2n) is 4.98. The Kier molecular flexibility index (Phi) is 3.19. The summed E-state index contributed by atoms with van der Waals surface area (Å²) in [6.45, 7) is 8.43. The van der Waals surface area contributed by atoms with Crippen LogP contribution in [0.4, 0.5) is 11.6 Å². The zero-order valence-electron chi connectivity index (χ0n) is 11.0. The number of piperazine rings is 1. The lowest BCUT2D eigenvalue weighted by atomic mass is 10.1. The maximum Gasteiger partial charge on any atom is 0.137 e. The molecule has 2 rings (SSSR count). The van der Waals surface area contributed by atoms with Crippen LogP contribution in [0.5, 0.6) is 0 Å². The summed E-state index contributed by atoms with van der Waals surface area (Å²) < 4.78 is 0. The third-order valence-electron chi connectivity index (χ3n) is 3.76.